The number of carboxylic acid groups (broad SMARTS) is 5. The molecule has 33 nitrogen and oxygen atoms in total. The largest absolute Gasteiger partial charge is 0.481 e. The number of unbranched alkanes of at least 4 members (excludes halogenated alkanes) is 24. The summed E-state index contributed by atoms with van der Waals surface area (Å²) in [4.78, 5) is 189. The van der Waals surface area contributed by atoms with E-state index in [1.165, 1.54) is 77.2 Å². The van der Waals surface area contributed by atoms with E-state index < -0.39 is 155 Å². The summed E-state index contributed by atoms with van der Waals surface area (Å²) in [6, 6.07) is 16.1. The molecule has 0 bridgehead atoms. The monoisotopic (exact) mass is 2070 g/mol. The van der Waals surface area contributed by atoms with E-state index in [4.69, 9.17) is 33.2 Å². The van der Waals surface area contributed by atoms with Crippen LogP contribution in [0.15, 0.2) is 109 Å². The maximum Gasteiger partial charge on any atom is 0.340 e. The SMILES string of the molecule is CC#CCOc1ccc(C[C@H](NC(=O)[C@@H](/C=C/CCCCCCC(=O)CCCCCCC)[C@@](O)(CC(=O)O)C(=O)O)C(=O)OC)cc1.CC#CCOc1ccc(C[C@H](NC(=O)[C@@H](/C=C/CCCCCCC(=O)CCCCCCC)[C@@](O)(CC(=O)O)C(=O)OC(C)(C)C)C(=O)O)cc1.CC#CCOc1ccc(C[C@H](NC(=O)[C@@H](/C=C/CCCCCCC(=O)CCCCCCC)[C@@](O)(CC(=O)O)C(=O)OC(C)(C)C)C(=O)OC)cc1. The Kier molecular flexibility index (Phi) is 68.6. The fraction of sp³-hybridized carbons (Fsp3) is 0.609. The van der Waals surface area contributed by atoms with Crippen LogP contribution in [0.4, 0.5) is 0 Å². The minimum Gasteiger partial charge on any atom is -0.481 e. The van der Waals surface area contributed by atoms with Crippen LogP contribution in [0.5, 0.6) is 17.2 Å². The summed E-state index contributed by atoms with van der Waals surface area (Å²) in [6.07, 6.45) is 35.5. The number of allylic oxidation sites excluding steroid dienone is 3. The number of aliphatic carboxylic acids is 5. The van der Waals surface area contributed by atoms with Gasteiger partial charge in [-0.25, -0.2) is 28.8 Å². The van der Waals surface area contributed by atoms with E-state index >= 15 is 0 Å². The molecule has 0 fully saturated rings. The van der Waals surface area contributed by atoms with Crippen molar-refractivity contribution in [2.75, 3.05) is 34.0 Å². The lowest BCUT2D eigenvalue weighted by molar-refractivity contribution is -0.187. The first kappa shape index (κ1) is 133. The predicted octanol–water partition coefficient (Wildman–Crippen LogP) is 17.5. The summed E-state index contributed by atoms with van der Waals surface area (Å²) in [5.41, 5.74) is -9.00. The Morgan fingerprint density at radius 3 is 0.797 bits per heavy atom. The van der Waals surface area contributed by atoms with Crippen molar-refractivity contribution in [1.29, 1.82) is 0 Å². The van der Waals surface area contributed by atoms with Gasteiger partial charge in [-0.3, -0.25) is 43.2 Å². The number of hydrogen-bond acceptors (Lipinski definition) is 25. The maximum atomic E-state index is 13.9. The van der Waals surface area contributed by atoms with Gasteiger partial charge in [-0.15, -0.1) is 17.8 Å². The van der Waals surface area contributed by atoms with Crippen molar-refractivity contribution >= 4 is 88.8 Å². The minimum absolute atomic E-state index is 0.00491. The molecule has 9 atom stereocenters. The lowest BCUT2D eigenvalue weighted by Crippen LogP contribution is -2.57. The number of esters is 4. The number of rotatable bonds is 75. The molecule has 0 aliphatic carbocycles. The predicted molar refractivity (Wildman–Crippen MR) is 562 cm³/mol. The number of ether oxygens (including phenoxy) is 7. The molecule has 0 spiro atoms. The van der Waals surface area contributed by atoms with Crippen LogP contribution in [0.25, 0.3) is 0 Å². The van der Waals surface area contributed by atoms with Gasteiger partial charge in [0.1, 0.15) is 83.7 Å². The van der Waals surface area contributed by atoms with Crippen LogP contribution in [-0.2, 0) is 110 Å². The molecule has 11 N–H and O–H groups in total. The van der Waals surface area contributed by atoms with Crippen molar-refractivity contribution < 1.29 is 146 Å². The van der Waals surface area contributed by atoms with E-state index in [0.29, 0.717) is 111 Å². The van der Waals surface area contributed by atoms with Crippen LogP contribution in [0.2, 0.25) is 0 Å². The van der Waals surface area contributed by atoms with Gasteiger partial charge in [0.2, 0.25) is 17.7 Å². The highest BCUT2D eigenvalue weighted by molar-refractivity contribution is 5.98. The highest BCUT2D eigenvalue weighted by Crippen LogP contribution is 2.33. The molecule has 0 heterocycles. The number of amides is 3. The van der Waals surface area contributed by atoms with Gasteiger partial charge in [0.15, 0.2) is 16.8 Å². The smallest absolute Gasteiger partial charge is 0.340 e. The van der Waals surface area contributed by atoms with E-state index in [1.54, 1.807) is 126 Å². The van der Waals surface area contributed by atoms with Gasteiger partial charge >= 0.3 is 53.7 Å². The quantitative estimate of drug-likeness (QED) is 0.00822. The summed E-state index contributed by atoms with van der Waals surface area (Å²) in [5.74, 6) is -1.54. The standard InChI is InChI=1S/C40H59NO10.C39H57NO10.C36H51NO10/c1-7-9-11-14-17-20-31(42)21-18-15-12-13-16-19-22-33(40(48,29-35(43)44)38(47)51-39(3,4)5)36(45)41-34(37(46)49-6)28-30-23-25-32(26-24-30)50-27-10-8-2;1-6-8-10-13-16-19-30(41)20-17-14-11-12-15-18-21-32(39(48,28-34(42)43)37(47)50-38(3,4)5)35(44)40-33(36(45)46)27-29-22-24-31(25-23-29)49-26-9-7-2;1-4-6-8-11-14-17-28(38)18-15-12-9-10-13-16-19-30(36(45,35(43)44)26-32(39)40)33(41)37-31(34(42)46-3)25-27-20-22-29(23-21-27)47-24-7-5-2/h19,22-26,33-34,48H,7,9,11-18,20-21,27-29H2,1-6H3,(H,41,45)(H,43,44);18,21-25,32-33,48H,6,8,10-17,19-20,26-28H2,1-5H3,(H,40,44)(H,42,43)(H,45,46);16,19-23,30-31,45H,4,6,8-15,17-18,24-26H2,1-3H3,(H,37,41)(H,39,40)(H,43,44)/b22-19+;21-18+;19-16+/t33-,34+,40+;32-,33+,39+;30-,31+,36+/m111/s1. The summed E-state index contributed by atoms with van der Waals surface area (Å²) in [7, 11) is 2.30. The molecule has 0 aromatic heterocycles. The zero-order chi connectivity index (χ0) is 111. The molecule has 3 aromatic carbocycles. The van der Waals surface area contributed by atoms with Gasteiger partial charge in [0, 0.05) is 57.8 Å². The number of nitrogens with one attached hydrogen (secondary N) is 3. The Bertz CT molecular complexity index is 4840. The molecule has 0 saturated heterocycles. The Labute approximate surface area is 875 Å². The Morgan fingerprint density at radius 2 is 0.568 bits per heavy atom. The van der Waals surface area contributed by atoms with Gasteiger partial charge in [0.25, 0.3) is 0 Å². The fourth-order valence-corrected chi connectivity index (χ4v) is 15.5. The molecule has 148 heavy (non-hydrogen) atoms. The van der Waals surface area contributed by atoms with E-state index in [9.17, 15) is 113 Å². The number of carbonyl (C=O) groups excluding carboxylic acids is 10. The fourth-order valence-electron chi connectivity index (χ4n) is 15.5. The number of Topliss-reactive ketones (excluding diaryl/α,β-unsaturated/α-hetero) is 3. The zero-order valence-electron chi connectivity index (χ0n) is 89.7. The first-order valence-corrected chi connectivity index (χ1v) is 52.0. The maximum absolute atomic E-state index is 13.9. The molecule has 33 heteroatoms. The van der Waals surface area contributed by atoms with Crippen molar-refractivity contribution in [2.24, 2.45) is 17.8 Å². The van der Waals surface area contributed by atoms with E-state index in [1.807, 2.05) is 0 Å². The van der Waals surface area contributed by atoms with Gasteiger partial charge < -0.3 is 90.0 Å². The topological polar surface area (TPSA) is 519 Å². The molecule has 3 amide bonds. The molecule has 3 aromatic rings. The third-order valence-electron chi connectivity index (χ3n) is 23.7. The zero-order valence-corrected chi connectivity index (χ0v) is 89.7. The molecule has 822 valence electrons. The molecule has 0 saturated carbocycles. The molecule has 0 aliphatic heterocycles. The van der Waals surface area contributed by atoms with Crippen LogP contribution in [0, 0.1) is 53.3 Å². The highest BCUT2D eigenvalue weighted by Gasteiger charge is 2.54. The van der Waals surface area contributed by atoms with Crippen molar-refractivity contribution in [2.45, 2.75) is 399 Å². The summed E-state index contributed by atoms with van der Waals surface area (Å²) in [6.45, 7) is 21.4. The van der Waals surface area contributed by atoms with Crippen LogP contribution in [-0.4, -0.2) is 210 Å². The van der Waals surface area contributed by atoms with Gasteiger partial charge in [0.05, 0.1) is 51.2 Å². The summed E-state index contributed by atoms with van der Waals surface area (Å²) in [5, 5.41) is 90.0. The van der Waals surface area contributed by atoms with Crippen molar-refractivity contribution in [3.8, 4) is 52.8 Å². The third kappa shape index (κ3) is 58.9. The minimum atomic E-state index is -2.98. The Balaban J connectivity index is 0.00000111. The normalized spacial score (nSPS) is 13.6. The molecule has 0 aliphatic rings. The van der Waals surface area contributed by atoms with Gasteiger partial charge in [-0.05, 0) is 192 Å². The van der Waals surface area contributed by atoms with E-state index in [2.05, 4.69) is 72.2 Å². The number of carbonyl (C=O) groups is 15. The third-order valence-corrected chi connectivity index (χ3v) is 23.7. The first-order valence-electron chi connectivity index (χ1n) is 52.0. The first-order chi connectivity index (χ1) is 70.3. The van der Waals surface area contributed by atoms with Crippen LogP contribution >= 0.6 is 0 Å². The van der Waals surface area contributed by atoms with Crippen molar-refractivity contribution in [3.63, 3.8) is 0 Å². The number of ketones is 3. The summed E-state index contributed by atoms with van der Waals surface area (Å²) < 4.78 is 37.0. The second-order valence-corrected chi connectivity index (χ2v) is 38.7. The second-order valence-electron chi connectivity index (χ2n) is 38.7. The van der Waals surface area contributed by atoms with Gasteiger partial charge in [-0.1, -0.05) is 227 Å². The number of methoxy groups -OCH3 is 2. The van der Waals surface area contributed by atoms with Crippen molar-refractivity contribution in [1.82, 2.24) is 16.0 Å². The van der Waals surface area contributed by atoms with Gasteiger partial charge in [-0.2, -0.15) is 0 Å². The number of benzene rings is 3. The highest BCUT2D eigenvalue weighted by atomic mass is 16.6. The Morgan fingerprint density at radius 1 is 0.331 bits per heavy atom. The molecular formula is C115H167N3O30. The van der Waals surface area contributed by atoms with Crippen molar-refractivity contribution in [3.05, 3.63) is 126 Å². The van der Waals surface area contributed by atoms with E-state index in [0.717, 1.165) is 136 Å². The number of aliphatic hydroxyl groups is 3. The lowest BCUT2D eigenvalue weighted by Gasteiger charge is -2.34. The van der Waals surface area contributed by atoms with Crippen LogP contribution < -0.4 is 30.2 Å². The van der Waals surface area contributed by atoms with Crippen LogP contribution in [0.1, 0.15) is 350 Å². The molecule has 0 unspecified atom stereocenters. The second kappa shape index (κ2) is 76.1. The Hall–Kier alpha value is -12.5. The average Bonchev–Trinajstić information content (AvgIpc) is 0.790. The molecule has 0 radical (unpaired) electrons. The summed E-state index contributed by atoms with van der Waals surface area (Å²) >= 11 is 0. The number of hydrogen-bond donors (Lipinski definition) is 11. The van der Waals surface area contributed by atoms with E-state index in [-0.39, 0.29) is 56.4 Å². The lowest BCUT2D eigenvalue weighted by atomic mass is 9.82. The average molecular weight is 2070 g/mol. The molecular weight excluding hydrogens is 1900 g/mol. The molecule has 3 rings (SSSR count). The van der Waals surface area contributed by atoms with Crippen LogP contribution in [0.3, 0.4) is 0 Å². The number of carboxylic acids is 5.